The Morgan fingerprint density at radius 3 is 3.05 bits per heavy atom. The van der Waals surface area contributed by atoms with E-state index in [1.807, 2.05) is 16.8 Å². The predicted octanol–water partition coefficient (Wildman–Crippen LogP) is 2.31. The molecule has 21 heavy (non-hydrogen) atoms. The first-order chi connectivity index (χ1) is 10.3. The molecular formula is C15H18N4O2. The van der Waals surface area contributed by atoms with Gasteiger partial charge in [0.1, 0.15) is 0 Å². The normalized spacial score (nSPS) is 18.6. The molecule has 6 nitrogen and oxygen atoms in total. The maximum atomic E-state index is 11.1. The molecule has 2 heterocycles. The van der Waals surface area contributed by atoms with Gasteiger partial charge in [0.05, 0.1) is 17.8 Å². The summed E-state index contributed by atoms with van der Waals surface area (Å²) >= 11 is 0. The minimum absolute atomic E-state index is 0.166. The molecule has 6 heteroatoms. The third-order valence-electron chi connectivity index (χ3n) is 3.99. The van der Waals surface area contributed by atoms with Crippen molar-refractivity contribution in [3.63, 3.8) is 0 Å². The lowest BCUT2D eigenvalue weighted by Crippen LogP contribution is -2.29. The molecule has 0 aliphatic carbocycles. The Labute approximate surface area is 123 Å². The second kappa shape index (κ2) is 6.05. The number of hydrogen-bond acceptors (Lipinski definition) is 4. The van der Waals surface area contributed by atoms with Crippen molar-refractivity contribution in [3.8, 4) is 0 Å². The van der Waals surface area contributed by atoms with Gasteiger partial charge in [-0.3, -0.25) is 10.1 Å². The SMILES string of the molecule is O=[N+]([O-])c1ccccc1Cn1cncc1C1CCCNC1. The van der Waals surface area contributed by atoms with Gasteiger partial charge in [0.25, 0.3) is 5.69 Å². The van der Waals surface area contributed by atoms with Crippen molar-refractivity contribution < 1.29 is 4.92 Å². The van der Waals surface area contributed by atoms with Gasteiger partial charge in [0.15, 0.2) is 0 Å². The fourth-order valence-electron chi connectivity index (χ4n) is 2.91. The van der Waals surface area contributed by atoms with E-state index >= 15 is 0 Å². The fourth-order valence-corrected chi connectivity index (χ4v) is 2.91. The number of benzene rings is 1. The number of nitro benzene ring substituents is 1. The van der Waals surface area contributed by atoms with E-state index < -0.39 is 0 Å². The van der Waals surface area contributed by atoms with E-state index in [0.717, 1.165) is 31.6 Å². The summed E-state index contributed by atoms with van der Waals surface area (Å²) in [5.41, 5.74) is 2.03. The zero-order valence-corrected chi connectivity index (χ0v) is 11.7. The smallest absolute Gasteiger partial charge is 0.274 e. The molecule has 1 aliphatic rings. The summed E-state index contributed by atoms with van der Waals surface area (Å²) in [7, 11) is 0. The molecule has 0 spiro atoms. The molecule has 0 bridgehead atoms. The Morgan fingerprint density at radius 2 is 2.29 bits per heavy atom. The van der Waals surface area contributed by atoms with E-state index in [4.69, 9.17) is 0 Å². The van der Waals surface area contributed by atoms with E-state index in [9.17, 15) is 10.1 Å². The summed E-state index contributed by atoms with van der Waals surface area (Å²) in [6.07, 6.45) is 5.93. The molecule has 1 aromatic heterocycles. The molecule has 1 unspecified atom stereocenters. The van der Waals surface area contributed by atoms with Crippen molar-refractivity contribution in [3.05, 3.63) is 58.2 Å². The van der Waals surface area contributed by atoms with Crippen molar-refractivity contribution in [2.45, 2.75) is 25.3 Å². The van der Waals surface area contributed by atoms with Crippen molar-refractivity contribution in [2.24, 2.45) is 0 Å². The number of aromatic nitrogens is 2. The first-order valence-corrected chi connectivity index (χ1v) is 7.19. The number of piperidine rings is 1. The van der Waals surface area contributed by atoms with Crippen LogP contribution in [0.1, 0.15) is 30.0 Å². The quantitative estimate of drug-likeness (QED) is 0.691. The van der Waals surface area contributed by atoms with Crippen molar-refractivity contribution in [1.29, 1.82) is 0 Å². The summed E-state index contributed by atoms with van der Waals surface area (Å²) < 4.78 is 2.03. The second-order valence-electron chi connectivity index (χ2n) is 5.38. The minimum Gasteiger partial charge on any atom is -0.330 e. The van der Waals surface area contributed by atoms with Crippen LogP contribution in [0.15, 0.2) is 36.8 Å². The molecule has 1 N–H and O–H groups in total. The molecule has 1 aliphatic heterocycles. The number of para-hydroxylation sites is 1. The Bertz CT molecular complexity index is 632. The molecule has 1 fully saturated rings. The van der Waals surface area contributed by atoms with Crippen LogP contribution < -0.4 is 5.32 Å². The number of nitrogens with zero attached hydrogens (tertiary/aromatic N) is 3. The molecule has 1 atom stereocenters. The van der Waals surface area contributed by atoms with Crippen LogP contribution in [0, 0.1) is 10.1 Å². The van der Waals surface area contributed by atoms with Crippen LogP contribution in [0.3, 0.4) is 0 Å². The first-order valence-electron chi connectivity index (χ1n) is 7.19. The maximum Gasteiger partial charge on any atom is 0.274 e. The minimum atomic E-state index is -0.325. The van der Waals surface area contributed by atoms with Crippen molar-refractivity contribution in [2.75, 3.05) is 13.1 Å². The van der Waals surface area contributed by atoms with Gasteiger partial charge < -0.3 is 9.88 Å². The Morgan fingerprint density at radius 1 is 1.43 bits per heavy atom. The Kier molecular flexibility index (Phi) is 3.96. The number of rotatable bonds is 4. The number of imidazole rings is 1. The van der Waals surface area contributed by atoms with E-state index in [1.54, 1.807) is 24.5 Å². The van der Waals surface area contributed by atoms with Crippen LogP contribution in [0.25, 0.3) is 0 Å². The third kappa shape index (κ3) is 2.95. The van der Waals surface area contributed by atoms with Crippen LogP contribution in [0.2, 0.25) is 0 Å². The molecule has 110 valence electrons. The molecule has 0 amide bonds. The fraction of sp³-hybridized carbons (Fsp3) is 0.400. The molecular weight excluding hydrogens is 268 g/mol. The van der Waals surface area contributed by atoms with Crippen LogP contribution in [0.5, 0.6) is 0 Å². The average molecular weight is 286 g/mol. The van der Waals surface area contributed by atoms with Crippen molar-refractivity contribution in [1.82, 2.24) is 14.9 Å². The average Bonchev–Trinajstić information content (AvgIpc) is 2.96. The van der Waals surface area contributed by atoms with Gasteiger partial charge in [-0.15, -0.1) is 0 Å². The van der Waals surface area contributed by atoms with Crippen LogP contribution in [-0.2, 0) is 6.54 Å². The molecule has 1 saturated heterocycles. The summed E-state index contributed by atoms with van der Waals surface area (Å²) in [4.78, 5) is 15.0. The lowest BCUT2D eigenvalue weighted by Gasteiger charge is -2.23. The highest BCUT2D eigenvalue weighted by molar-refractivity contribution is 5.40. The van der Waals surface area contributed by atoms with E-state index in [2.05, 4.69) is 10.3 Å². The Hall–Kier alpha value is -2.21. The van der Waals surface area contributed by atoms with Crippen LogP contribution in [0.4, 0.5) is 5.69 Å². The molecule has 0 saturated carbocycles. The maximum absolute atomic E-state index is 11.1. The highest BCUT2D eigenvalue weighted by Crippen LogP contribution is 2.25. The first kappa shape index (κ1) is 13.8. The third-order valence-corrected chi connectivity index (χ3v) is 3.99. The molecule has 1 aromatic carbocycles. The topological polar surface area (TPSA) is 73.0 Å². The van der Waals surface area contributed by atoms with Gasteiger partial charge in [0.2, 0.25) is 0 Å². The summed E-state index contributed by atoms with van der Waals surface area (Å²) in [5.74, 6) is 0.434. The second-order valence-corrected chi connectivity index (χ2v) is 5.38. The predicted molar refractivity (Wildman–Crippen MR) is 79.3 cm³/mol. The molecule has 2 aromatic rings. The standard InChI is InChI=1S/C15H18N4O2/c20-19(21)14-6-2-1-4-13(14)10-18-11-17-9-15(18)12-5-3-7-16-8-12/h1-2,4,6,9,11-12,16H,3,5,7-8,10H2. The largest absolute Gasteiger partial charge is 0.330 e. The lowest BCUT2D eigenvalue weighted by atomic mass is 9.96. The van der Waals surface area contributed by atoms with Gasteiger partial charge in [-0.2, -0.15) is 0 Å². The summed E-state index contributed by atoms with van der Waals surface area (Å²) in [6, 6.07) is 6.89. The van der Waals surface area contributed by atoms with E-state index in [-0.39, 0.29) is 10.6 Å². The number of hydrogen-bond donors (Lipinski definition) is 1. The number of nitro groups is 1. The molecule has 3 rings (SSSR count). The van der Waals surface area contributed by atoms with Crippen LogP contribution in [-0.4, -0.2) is 27.6 Å². The monoisotopic (exact) mass is 286 g/mol. The van der Waals surface area contributed by atoms with Crippen molar-refractivity contribution >= 4 is 5.69 Å². The Balaban J connectivity index is 1.86. The van der Waals surface area contributed by atoms with E-state index in [1.165, 1.54) is 0 Å². The van der Waals surface area contributed by atoms with Gasteiger partial charge >= 0.3 is 0 Å². The summed E-state index contributed by atoms with van der Waals surface area (Å²) in [6.45, 7) is 2.50. The van der Waals surface area contributed by atoms with Gasteiger partial charge in [-0.1, -0.05) is 18.2 Å². The number of nitrogens with one attached hydrogen (secondary N) is 1. The lowest BCUT2D eigenvalue weighted by molar-refractivity contribution is -0.385. The molecule has 0 radical (unpaired) electrons. The highest BCUT2D eigenvalue weighted by Gasteiger charge is 2.20. The zero-order valence-electron chi connectivity index (χ0n) is 11.7. The summed E-state index contributed by atoms with van der Waals surface area (Å²) in [5, 5.41) is 14.5. The highest BCUT2D eigenvalue weighted by atomic mass is 16.6. The zero-order chi connectivity index (χ0) is 14.7. The van der Waals surface area contributed by atoms with E-state index in [0.29, 0.717) is 18.0 Å². The van der Waals surface area contributed by atoms with Crippen LogP contribution >= 0.6 is 0 Å². The van der Waals surface area contributed by atoms with Gasteiger partial charge in [-0.05, 0) is 19.4 Å². The van der Waals surface area contributed by atoms with Gasteiger partial charge in [-0.25, -0.2) is 4.98 Å². The van der Waals surface area contributed by atoms with Gasteiger partial charge in [0, 0.05) is 36.0 Å².